The Morgan fingerprint density at radius 1 is 1.59 bits per heavy atom. The Morgan fingerprint density at radius 2 is 2.24 bits per heavy atom. The molecule has 0 spiro atoms. The van der Waals surface area contributed by atoms with E-state index in [9.17, 15) is 9.90 Å². The molecule has 0 saturated carbocycles. The average molecular weight is 280 g/mol. The lowest BCUT2D eigenvalue weighted by atomic mass is 10.0. The summed E-state index contributed by atoms with van der Waals surface area (Å²) in [5.41, 5.74) is 6.49. The van der Waals surface area contributed by atoms with Gasteiger partial charge in [0.05, 0.1) is 18.1 Å². The van der Waals surface area contributed by atoms with E-state index in [1.807, 2.05) is 0 Å². The van der Waals surface area contributed by atoms with E-state index < -0.39 is 6.04 Å². The maximum atomic E-state index is 11.2. The van der Waals surface area contributed by atoms with E-state index in [0.29, 0.717) is 12.2 Å². The Kier molecular flexibility index (Phi) is 6.95. The largest absolute Gasteiger partial charge is 0.506 e. The molecule has 1 atom stereocenters. The van der Waals surface area contributed by atoms with Crippen LogP contribution < -0.4 is 5.73 Å². The van der Waals surface area contributed by atoms with Crippen molar-refractivity contribution in [3.8, 4) is 5.75 Å². The summed E-state index contributed by atoms with van der Waals surface area (Å²) in [5.74, 6) is -0.354. The molecule has 3 N–H and O–H groups in total. The van der Waals surface area contributed by atoms with Crippen LogP contribution in [0.25, 0.3) is 0 Å². The van der Waals surface area contributed by atoms with E-state index in [2.05, 4.69) is 0 Å². The molecule has 0 radical (unpaired) electrons. The molecule has 1 aromatic rings. The van der Waals surface area contributed by atoms with Crippen LogP contribution in [0.4, 0.5) is 0 Å². The van der Waals surface area contributed by atoms with Crippen LogP contribution in [-0.4, -0.2) is 17.7 Å². The van der Waals surface area contributed by atoms with Crippen molar-refractivity contribution in [2.75, 3.05) is 6.61 Å². The molecule has 0 unspecified atom stereocenters. The normalized spacial score (nSPS) is 11.5. The molecule has 0 aliphatic rings. The zero-order chi connectivity index (χ0) is 12.1. The number of hydrogen-bond acceptors (Lipinski definition) is 4. The van der Waals surface area contributed by atoms with Gasteiger partial charge in [-0.1, -0.05) is 17.7 Å². The molecular weight excluding hydrogens is 265 g/mol. The van der Waals surface area contributed by atoms with Gasteiger partial charge in [0.15, 0.2) is 0 Å². The quantitative estimate of drug-likeness (QED) is 0.831. The number of aromatic hydroxyl groups is 1. The van der Waals surface area contributed by atoms with Crippen LogP contribution in [-0.2, 0) is 9.53 Å². The monoisotopic (exact) mass is 279 g/mol. The Labute approximate surface area is 111 Å². The van der Waals surface area contributed by atoms with Crippen LogP contribution >= 0.6 is 24.0 Å². The van der Waals surface area contributed by atoms with E-state index in [-0.39, 0.29) is 35.6 Å². The minimum atomic E-state index is -0.475. The summed E-state index contributed by atoms with van der Waals surface area (Å²) in [6.45, 7) is 2.07. The second kappa shape index (κ2) is 7.37. The summed E-state index contributed by atoms with van der Waals surface area (Å²) >= 11 is 5.73. The first-order valence-corrected chi connectivity index (χ1v) is 5.32. The van der Waals surface area contributed by atoms with E-state index in [1.54, 1.807) is 19.1 Å². The first kappa shape index (κ1) is 16.0. The minimum absolute atomic E-state index is 0. The summed E-state index contributed by atoms with van der Waals surface area (Å²) in [6.07, 6.45) is 0.0922. The molecule has 0 amide bonds. The Hall–Kier alpha value is -0.970. The molecule has 4 nitrogen and oxygen atoms in total. The first-order valence-electron chi connectivity index (χ1n) is 4.94. The third-order valence-electron chi connectivity index (χ3n) is 2.09. The van der Waals surface area contributed by atoms with Gasteiger partial charge in [-0.25, -0.2) is 0 Å². The van der Waals surface area contributed by atoms with Gasteiger partial charge in [-0.3, -0.25) is 4.79 Å². The van der Waals surface area contributed by atoms with Gasteiger partial charge in [0, 0.05) is 6.04 Å². The fraction of sp³-hybridized carbons (Fsp3) is 0.364. The predicted molar refractivity (Wildman–Crippen MR) is 68.5 cm³/mol. The van der Waals surface area contributed by atoms with Gasteiger partial charge in [-0.05, 0) is 24.6 Å². The van der Waals surface area contributed by atoms with Gasteiger partial charge in [-0.2, -0.15) is 0 Å². The van der Waals surface area contributed by atoms with Crippen molar-refractivity contribution in [1.29, 1.82) is 0 Å². The second-order valence-corrected chi connectivity index (χ2v) is 3.73. The number of halogens is 2. The lowest BCUT2D eigenvalue weighted by Gasteiger charge is -2.11. The first-order chi connectivity index (χ1) is 7.54. The molecule has 6 heteroatoms. The zero-order valence-electron chi connectivity index (χ0n) is 9.35. The van der Waals surface area contributed by atoms with E-state index in [4.69, 9.17) is 22.1 Å². The number of benzene rings is 1. The third-order valence-corrected chi connectivity index (χ3v) is 2.39. The zero-order valence-corrected chi connectivity index (χ0v) is 10.9. The van der Waals surface area contributed by atoms with E-state index in [0.717, 1.165) is 0 Å². The fourth-order valence-corrected chi connectivity index (χ4v) is 1.46. The molecule has 96 valence electrons. The standard InChI is InChI=1S/C11H14ClNO3.ClH/c1-2-16-11(15)6-9(13)7-3-4-10(14)8(12)5-7;/h3-5,9,14H,2,6,13H2,1H3;1H/t9-;/m0./s1. The maximum absolute atomic E-state index is 11.2. The number of hydrogen-bond donors (Lipinski definition) is 2. The molecule has 0 aromatic heterocycles. The number of carbonyl (C=O) groups is 1. The van der Waals surface area contributed by atoms with Gasteiger partial charge >= 0.3 is 5.97 Å². The van der Waals surface area contributed by atoms with Gasteiger partial charge in [0.2, 0.25) is 0 Å². The van der Waals surface area contributed by atoms with Crippen molar-refractivity contribution < 1.29 is 14.6 Å². The topological polar surface area (TPSA) is 72.5 Å². The van der Waals surface area contributed by atoms with Crippen molar-refractivity contribution in [3.05, 3.63) is 28.8 Å². The van der Waals surface area contributed by atoms with Crippen molar-refractivity contribution in [2.45, 2.75) is 19.4 Å². The van der Waals surface area contributed by atoms with Crippen LogP contribution in [0.2, 0.25) is 5.02 Å². The number of phenols is 1. The summed E-state index contributed by atoms with van der Waals surface area (Å²) in [7, 11) is 0. The van der Waals surface area contributed by atoms with Crippen LogP contribution in [0.15, 0.2) is 18.2 Å². The summed E-state index contributed by atoms with van der Waals surface area (Å²) in [4.78, 5) is 11.2. The van der Waals surface area contributed by atoms with Crippen molar-refractivity contribution >= 4 is 30.0 Å². The van der Waals surface area contributed by atoms with Crippen molar-refractivity contribution in [1.82, 2.24) is 0 Å². The molecule has 0 saturated heterocycles. The predicted octanol–water partition coefficient (Wildman–Crippen LogP) is 2.42. The molecule has 0 bridgehead atoms. The highest BCUT2D eigenvalue weighted by Crippen LogP contribution is 2.26. The Bertz CT molecular complexity index is 385. The van der Waals surface area contributed by atoms with Gasteiger partial charge in [0.25, 0.3) is 0 Å². The van der Waals surface area contributed by atoms with Crippen LogP contribution in [0.5, 0.6) is 5.75 Å². The number of carbonyl (C=O) groups excluding carboxylic acids is 1. The molecule has 0 fully saturated rings. The van der Waals surface area contributed by atoms with E-state index >= 15 is 0 Å². The summed E-state index contributed by atoms with van der Waals surface area (Å²) in [5, 5.41) is 9.45. The highest BCUT2D eigenvalue weighted by Gasteiger charge is 2.13. The van der Waals surface area contributed by atoms with Crippen LogP contribution in [0, 0.1) is 0 Å². The number of phenolic OH excluding ortho intramolecular Hbond substituents is 1. The molecule has 17 heavy (non-hydrogen) atoms. The van der Waals surface area contributed by atoms with Crippen LogP contribution in [0.1, 0.15) is 24.9 Å². The smallest absolute Gasteiger partial charge is 0.307 e. The van der Waals surface area contributed by atoms with Crippen molar-refractivity contribution in [3.63, 3.8) is 0 Å². The van der Waals surface area contributed by atoms with Crippen molar-refractivity contribution in [2.24, 2.45) is 5.73 Å². The molecule has 1 aromatic carbocycles. The molecule has 0 aliphatic carbocycles. The highest BCUT2D eigenvalue weighted by atomic mass is 35.5. The third kappa shape index (κ3) is 4.81. The minimum Gasteiger partial charge on any atom is -0.506 e. The van der Waals surface area contributed by atoms with Gasteiger partial charge in [0.1, 0.15) is 5.75 Å². The average Bonchev–Trinajstić information content (AvgIpc) is 2.22. The number of rotatable bonds is 4. The van der Waals surface area contributed by atoms with Gasteiger partial charge in [-0.15, -0.1) is 12.4 Å². The second-order valence-electron chi connectivity index (χ2n) is 3.33. The van der Waals surface area contributed by atoms with E-state index in [1.165, 1.54) is 6.07 Å². The summed E-state index contributed by atoms with van der Waals surface area (Å²) < 4.78 is 4.79. The highest BCUT2D eigenvalue weighted by molar-refractivity contribution is 6.32. The Morgan fingerprint density at radius 3 is 2.76 bits per heavy atom. The molecule has 0 heterocycles. The fourth-order valence-electron chi connectivity index (χ4n) is 1.27. The molecule has 0 aliphatic heterocycles. The lowest BCUT2D eigenvalue weighted by molar-refractivity contribution is -0.143. The van der Waals surface area contributed by atoms with Crippen LogP contribution in [0.3, 0.4) is 0 Å². The maximum Gasteiger partial charge on any atom is 0.307 e. The number of ether oxygens (including phenoxy) is 1. The lowest BCUT2D eigenvalue weighted by Crippen LogP contribution is -2.17. The SMILES string of the molecule is CCOC(=O)C[C@H](N)c1ccc(O)c(Cl)c1.Cl. The van der Waals surface area contributed by atoms with Gasteiger partial charge < -0.3 is 15.6 Å². The molecule has 1 rings (SSSR count). The number of esters is 1. The molecular formula is C11H15Cl2NO3. The summed E-state index contributed by atoms with van der Waals surface area (Å²) in [6, 6.07) is 4.14. The number of nitrogens with two attached hydrogens (primary N) is 1. The Balaban J connectivity index is 0.00000256.